The fraction of sp³-hybridized carbons (Fsp3) is 0.500. The summed E-state index contributed by atoms with van der Waals surface area (Å²) < 4.78 is 24.1. The van der Waals surface area contributed by atoms with E-state index in [0.29, 0.717) is 25.1 Å². The zero-order chi connectivity index (χ0) is 14.5. The summed E-state index contributed by atoms with van der Waals surface area (Å²) in [6.45, 7) is 2.74. The Morgan fingerprint density at radius 3 is 2.32 bits per heavy atom. The molecule has 0 aliphatic heterocycles. The van der Waals surface area contributed by atoms with Crippen LogP contribution >= 0.6 is 0 Å². The van der Waals surface area contributed by atoms with Crippen molar-refractivity contribution in [1.82, 2.24) is 10.0 Å². The first kappa shape index (κ1) is 15.7. The molecule has 1 atom stereocenters. The van der Waals surface area contributed by atoms with Gasteiger partial charge in [0.1, 0.15) is 11.5 Å². The van der Waals surface area contributed by atoms with Gasteiger partial charge in [-0.05, 0) is 32.0 Å². The van der Waals surface area contributed by atoms with E-state index < -0.39 is 10.0 Å². The van der Waals surface area contributed by atoms with Crippen molar-refractivity contribution in [3.8, 4) is 11.5 Å². The second-order valence-electron chi connectivity index (χ2n) is 4.41. The van der Waals surface area contributed by atoms with E-state index in [1.807, 2.05) is 6.92 Å². The molecule has 1 aromatic rings. The largest absolute Gasteiger partial charge is 0.507 e. The number of sulfonamides is 1. The molecule has 0 aliphatic carbocycles. The summed E-state index contributed by atoms with van der Waals surface area (Å²) >= 11 is 0. The molecule has 1 unspecified atom stereocenters. The Bertz CT molecular complexity index is 496. The van der Waals surface area contributed by atoms with Gasteiger partial charge in [0, 0.05) is 12.6 Å². The number of hydrogen-bond acceptors (Lipinski definition) is 5. The van der Waals surface area contributed by atoms with E-state index >= 15 is 0 Å². The zero-order valence-corrected chi connectivity index (χ0v) is 11.9. The molecule has 0 heterocycles. The van der Waals surface area contributed by atoms with Crippen molar-refractivity contribution in [2.24, 2.45) is 0 Å². The summed E-state index contributed by atoms with van der Waals surface area (Å²) in [4.78, 5) is 0. The Morgan fingerprint density at radius 2 is 1.79 bits per heavy atom. The Labute approximate surface area is 113 Å². The van der Waals surface area contributed by atoms with Gasteiger partial charge in [0.25, 0.3) is 0 Å². The summed E-state index contributed by atoms with van der Waals surface area (Å²) in [6, 6.07) is 4.37. The molecular weight excluding hydrogens is 268 g/mol. The minimum absolute atomic E-state index is 0.0364. The monoisotopic (exact) mass is 288 g/mol. The van der Waals surface area contributed by atoms with Crippen LogP contribution in [-0.4, -0.2) is 38.0 Å². The summed E-state index contributed by atoms with van der Waals surface area (Å²) in [6.07, 6.45) is 1.73. The first-order valence-corrected chi connectivity index (χ1v) is 7.89. The van der Waals surface area contributed by atoms with Gasteiger partial charge in [0.2, 0.25) is 10.0 Å². The Morgan fingerprint density at radius 1 is 1.21 bits per heavy atom. The zero-order valence-electron chi connectivity index (χ0n) is 11.0. The summed E-state index contributed by atoms with van der Waals surface area (Å²) in [5.74, 6) is 0.0727. The van der Waals surface area contributed by atoms with Crippen molar-refractivity contribution < 1.29 is 18.6 Å². The van der Waals surface area contributed by atoms with E-state index in [2.05, 4.69) is 10.0 Å². The molecule has 19 heavy (non-hydrogen) atoms. The smallest absolute Gasteiger partial charge is 0.208 e. The van der Waals surface area contributed by atoms with Crippen molar-refractivity contribution in [2.45, 2.75) is 19.4 Å². The number of aromatic hydroxyl groups is 2. The van der Waals surface area contributed by atoms with Crippen molar-refractivity contribution >= 4 is 10.0 Å². The highest BCUT2D eigenvalue weighted by Gasteiger charge is 2.13. The molecule has 0 spiro atoms. The number of phenols is 2. The van der Waals surface area contributed by atoms with Gasteiger partial charge in [-0.15, -0.1) is 0 Å². The highest BCUT2D eigenvalue weighted by molar-refractivity contribution is 7.88. The summed E-state index contributed by atoms with van der Waals surface area (Å²) in [5.41, 5.74) is 0.443. The maximum atomic E-state index is 10.8. The molecule has 0 bridgehead atoms. The summed E-state index contributed by atoms with van der Waals surface area (Å²) in [5, 5.41) is 22.5. The quantitative estimate of drug-likeness (QED) is 0.553. The van der Waals surface area contributed by atoms with Crippen LogP contribution in [-0.2, 0) is 10.0 Å². The summed E-state index contributed by atoms with van der Waals surface area (Å²) in [7, 11) is -3.15. The van der Waals surface area contributed by atoms with Gasteiger partial charge < -0.3 is 15.5 Å². The topological polar surface area (TPSA) is 98.7 Å². The molecule has 0 aromatic heterocycles. The second-order valence-corrected chi connectivity index (χ2v) is 6.24. The molecule has 0 fully saturated rings. The average Bonchev–Trinajstić information content (AvgIpc) is 2.26. The third-order valence-corrected chi connectivity index (χ3v) is 3.39. The number of nitrogens with one attached hydrogen (secondary N) is 2. The van der Waals surface area contributed by atoms with Gasteiger partial charge in [-0.1, -0.05) is 6.07 Å². The first-order valence-electron chi connectivity index (χ1n) is 6.00. The Kier molecular flexibility index (Phi) is 5.59. The van der Waals surface area contributed by atoms with E-state index in [1.54, 1.807) is 6.07 Å². The van der Waals surface area contributed by atoms with E-state index in [-0.39, 0.29) is 17.5 Å². The third kappa shape index (κ3) is 5.46. The van der Waals surface area contributed by atoms with E-state index in [0.717, 1.165) is 6.26 Å². The van der Waals surface area contributed by atoms with Gasteiger partial charge in [0.05, 0.1) is 11.8 Å². The molecule has 1 rings (SSSR count). The van der Waals surface area contributed by atoms with Gasteiger partial charge in [-0.2, -0.15) is 0 Å². The fourth-order valence-corrected chi connectivity index (χ4v) is 2.27. The molecule has 0 radical (unpaired) electrons. The van der Waals surface area contributed by atoms with Crippen molar-refractivity contribution in [3.05, 3.63) is 23.8 Å². The average molecular weight is 288 g/mol. The normalized spacial score (nSPS) is 13.4. The predicted molar refractivity (Wildman–Crippen MR) is 73.7 cm³/mol. The molecule has 6 nitrogen and oxygen atoms in total. The van der Waals surface area contributed by atoms with Crippen LogP contribution in [0.4, 0.5) is 0 Å². The lowest BCUT2D eigenvalue weighted by Gasteiger charge is -2.16. The van der Waals surface area contributed by atoms with E-state index in [1.165, 1.54) is 12.1 Å². The lowest BCUT2D eigenvalue weighted by Crippen LogP contribution is -2.27. The van der Waals surface area contributed by atoms with Crippen LogP contribution in [0.5, 0.6) is 11.5 Å². The van der Waals surface area contributed by atoms with Crippen LogP contribution < -0.4 is 10.0 Å². The first-order chi connectivity index (χ1) is 8.81. The molecule has 0 saturated heterocycles. The molecule has 108 valence electrons. The highest BCUT2D eigenvalue weighted by atomic mass is 32.2. The van der Waals surface area contributed by atoms with Crippen LogP contribution in [0.25, 0.3) is 0 Å². The molecule has 0 saturated carbocycles. The standard InChI is InChI=1S/C12H20N2O4S/c1-9(12-10(15)5-3-6-11(12)16)13-7-4-8-14-19(2,17)18/h3,5-6,9,13-16H,4,7-8H2,1-2H3. The van der Waals surface area contributed by atoms with Crippen LogP contribution in [0.15, 0.2) is 18.2 Å². The van der Waals surface area contributed by atoms with Crippen molar-refractivity contribution in [1.29, 1.82) is 0 Å². The minimum atomic E-state index is -3.15. The van der Waals surface area contributed by atoms with Gasteiger partial charge >= 0.3 is 0 Å². The predicted octanol–water partition coefficient (Wildman–Crippen LogP) is 0.688. The van der Waals surface area contributed by atoms with Crippen molar-refractivity contribution in [2.75, 3.05) is 19.3 Å². The highest BCUT2D eigenvalue weighted by Crippen LogP contribution is 2.31. The van der Waals surface area contributed by atoms with Crippen LogP contribution in [0.3, 0.4) is 0 Å². The van der Waals surface area contributed by atoms with Crippen LogP contribution in [0, 0.1) is 0 Å². The molecule has 1 aromatic carbocycles. The maximum absolute atomic E-state index is 10.8. The third-order valence-electron chi connectivity index (χ3n) is 2.66. The molecule has 0 amide bonds. The van der Waals surface area contributed by atoms with Gasteiger partial charge in [0.15, 0.2) is 0 Å². The SMILES string of the molecule is CC(NCCCNS(C)(=O)=O)c1c(O)cccc1O. The van der Waals surface area contributed by atoms with Crippen LogP contribution in [0.1, 0.15) is 24.9 Å². The van der Waals surface area contributed by atoms with E-state index in [4.69, 9.17) is 0 Å². The molecular formula is C12H20N2O4S. The van der Waals surface area contributed by atoms with Crippen LogP contribution in [0.2, 0.25) is 0 Å². The van der Waals surface area contributed by atoms with E-state index in [9.17, 15) is 18.6 Å². The molecule has 7 heteroatoms. The molecule has 4 N–H and O–H groups in total. The molecule has 0 aliphatic rings. The van der Waals surface area contributed by atoms with Crippen molar-refractivity contribution in [3.63, 3.8) is 0 Å². The Hall–Kier alpha value is -1.31. The second kappa shape index (κ2) is 6.74. The minimum Gasteiger partial charge on any atom is -0.507 e. The number of hydrogen-bond donors (Lipinski definition) is 4. The lowest BCUT2D eigenvalue weighted by molar-refractivity contribution is 0.418. The van der Waals surface area contributed by atoms with Gasteiger partial charge in [-0.3, -0.25) is 0 Å². The van der Waals surface area contributed by atoms with Gasteiger partial charge in [-0.25, -0.2) is 13.1 Å². The lowest BCUT2D eigenvalue weighted by atomic mass is 10.1. The number of rotatable bonds is 7. The number of benzene rings is 1. The maximum Gasteiger partial charge on any atom is 0.208 e. The fourth-order valence-electron chi connectivity index (χ4n) is 1.75. The Balaban J connectivity index is 2.42. The number of phenolic OH excluding ortho intramolecular Hbond substituents is 2.